The molecule has 4 rings (SSSR count). The van der Waals surface area contributed by atoms with E-state index in [-0.39, 0.29) is 18.4 Å². The van der Waals surface area contributed by atoms with Gasteiger partial charge in [-0.2, -0.15) is 4.98 Å². The number of pyridine rings is 1. The Morgan fingerprint density at radius 3 is 2.71 bits per heavy atom. The van der Waals surface area contributed by atoms with Crippen LogP contribution in [0.4, 0.5) is 0 Å². The van der Waals surface area contributed by atoms with Gasteiger partial charge in [0.1, 0.15) is 5.75 Å². The summed E-state index contributed by atoms with van der Waals surface area (Å²) >= 11 is 0. The number of likely N-dealkylation sites (tertiary alicyclic amines) is 1. The summed E-state index contributed by atoms with van der Waals surface area (Å²) in [4.78, 5) is 22.5. The van der Waals surface area contributed by atoms with Crippen molar-refractivity contribution < 1.29 is 14.1 Å². The van der Waals surface area contributed by atoms with Crippen LogP contribution in [0.1, 0.15) is 37.1 Å². The quantitative estimate of drug-likeness (QED) is 0.655. The minimum absolute atomic E-state index is 0.0263. The van der Waals surface area contributed by atoms with Crippen LogP contribution in [-0.4, -0.2) is 45.6 Å². The molecule has 28 heavy (non-hydrogen) atoms. The Morgan fingerprint density at radius 2 is 2.04 bits per heavy atom. The zero-order valence-electron chi connectivity index (χ0n) is 15.9. The van der Waals surface area contributed by atoms with E-state index < -0.39 is 0 Å². The van der Waals surface area contributed by atoms with E-state index in [4.69, 9.17) is 9.26 Å². The summed E-state index contributed by atoms with van der Waals surface area (Å²) in [5, 5.41) is 4.00. The summed E-state index contributed by atoms with van der Waals surface area (Å²) in [5.41, 5.74) is 2.05. The minimum Gasteiger partial charge on any atom is -0.484 e. The van der Waals surface area contributed by atoms with Crippen molar-refractivity contribution in [1.82, 2.24) is 20.0 Å². The standard InChI is InChI=1S/C21H22N4O3/c1-14(2)15-5-7-18(8-6-15)27-13-19(26)25-11-17(12-25)21-23-20(24-28-21)16-4-3-9-22-10-16/h3-10,14,17H,11-13H2,1-2H3. The molecule has 0 bridgehead atoms. The lowest BCUT2D eigenvalue weighted by molar-refractivity contribution is -0.138. The molecule has 1 aliphatic heterocycles. The van der Waals surface area contributed by atoms with E-state index in [2.05, 4.69) is 29.0 Å². The molecule has 0 saturated carbocycles. The van der Waals surface area contributed by atoms with Crippen LogP contribution in [0, 0.1) is 0 Å². The number of rotatable bonds is 6. The number of aromatic nitrogens is 3. The molecule has 0 N–H and O–H groups in total. The van der Waals surface area contributed by atoms with E-state index >= 15 is 0 Å². The van der Waals surface area contributed by atoms with Crippen LogP contribution in [0.2, 0.25) is 0 Å². The number of amides is 1. The third-order valence-corrected chi connectivity index (χ3v) is 4.85. The lowest BCUT2D eigenvalue weighted by atomic mass is 10.0. The summed E-state index contributed by atoms with van der Waals surface area (Å²) in [6.45, 7) is 5.43. The Bertz CT molecular complexity index is 932. The number of hydrogen-bond acceptors (Lipinski definition) is 6. The van der Waals surface area contributed by atoms with Gasteiger partial charge in [-0.25, -0.2) is 0 Å². The highest BCUT2D eigenvalue weighted by Crippen LogP contribution is 2.27. The lowest BCUT2D eigenvalue weighted by Crippen LogP contribution is -2.50. The summed E-state index contributed by atoms with van der Waals surface area (Å²) in [7, 11) is 0. The van der Waals surface area contributed by atoms with E-state index in [0.717, 1.165) is 5.56 Å². The molecule has 1 saturated heterocycles. The number of carbonyl (C=O) groups is 1. The van der Waals surface area contributed by atoms with Crippen LogP contribution < -0.4 is 4.74 Å². The van der Waals surface area contributed by atoms with Crippen molar-refractivity contribution in [2.24, 2.45) is 0 Å². The maximum absolute atomic E-state index is 12.3. The third-order valence-electron chi connectivity index (χ3n) is 4.85. The maximum Gasteiger partial charge on any atom is 0.260 e. The fourth-order valence-corrected chi connectivity index (χ4v) is 3.04. The van der Waals surface area contributed by atoms with Crippen LogP contribution in [0.15, 0.2) is 53.3 Å². The molecule has 1 fully saturated rings. The average Bonchev–Trinajstić information content (AvgIpc) is 3.16. The van der Waals surface area contributed by atoms with Gasteiger partial charge in [0, 0.05) is 31.0 Å². The topological polar surface area (TPSA) is 81.4 Å². The third kappa shape index (κ3) is 3.88. The molecule has 0 spiro atoms. The number of benzene rings is 1. The largest absolute Gasteiger partial charge is 0.484 e. The second-order valence-electron chi connectivity index (χ2n) is 7.21. The van der Waals surface area contributed by atoms with E-state index in [0.29, 0.717) is 36.5 Å². The highest BCUT2D eigenvalue weighted by Gasteiger charge is 2.35. The molecule has 0 atom stereocenters. The second-order valence-corrected chi connectivity index (χ2v) is 7.21. The fourth-order valence-electron chi connectivity index (χ4n) is 3.04. The van der Waals surface area contributed by atoms with Crippen LogP contribution in [-0.2, 0) is 4.79 Å². The van der Waals surface area contributed by atoms with Gasteiger partial charge >= 0.3 is 0 Å². The zero-order valence-corrected chi connectivity index (χ0v) is 15.9. The molecule has 0 radical (unpaired) electrons. The first-order valence-electron chi connectivity index (χ1n) is 9.34. The Hall–Kier alpha value is -3.22. The Labute approximate surface area is 163 Å². The van der Waals surface area contributed by atoms with E-state index in [1.54, 1.807) is 17.3 Å². The molecule has 3 aromatic rings. The summed E-state index contributed by atoms with van der Waals surface area (Å²) in [6, 6.07) is 11.6. The molecule has 1 amide bonds. The molecule has 7 heteroatoms. The molecule has 0 aliphatic carbocycles. The average molecular weight is 378 g/mol. The molecule has 7 nitrogen and oxygen atoms in total. The SMILES string of the molecule is CC(C)c1ccc(OCC(=O)N2CC(c3nc(-c4cccnc4)no3)C2)cc1. The van der Waals surface area contributed by atoms with Gasteiger partial charge < -0.3 is 14.2 Å². The Morgan fingerprint density at radius 1 is 1.25 bits per heavy atom. The van der Waals surface area contributed by atoms with E-state index in [1.165, 1.54) is 5.56 Å². The van der Waals surface area contributed by atoms with Crippen molar-refractivity contribution in [1.29, 1.82) is 0 Å². The van der Waals surface area contributed by atoms with Gasteiger partial charge in [0.2, 0.25) is 11.7 Å². The first kappa shape index (κ1) is 18.2. The van der Waals surface area contributed by atoms with Crippen LogP contribution in [0.5, 0.6) is 5.75 Å². The van der Waals surface area contributed by atoms with Crippen molar-refractivity contribution in [2.75, 3.05) is 19.7 Å². The molecule has 3 heterocycles. The van der Waals surface area contributed by atoms with Crippen molar-refractivity contribution in [2.45, 2.75) is 25.7 Å². The van der Waals surface area contributed by atoms with Crippen LogP contribution in [0.3, 0.4) is 0 Å². The normalized spacial score (nSPS) is 14.2. The van der Waals surface area contributed by atoms with Gasteiger partial charge in [0.05, 0.1) is 5.92 Å². The summed E-state index contributed by atoms with van der Waals surface area (Å²) < 4.78 is 11.0. The van der Waals surface area contributed by atoms with Gasteiger partial charge in [-0.05, 0) is 35.7 Å². The summed E-state index contributed by atoms with van der Waals surface area (Å²) in [6.07, 6.45) is 3.39. The highest BCUT2D eigenvalue weighted by atomic mass is 16.5. The van der Waals surface area contributed by atoms with E-state index in [9.17, 15) is 4.79 Å². The highest BCUT2D eigenvalue weighted by molar-refractivity contribution is 5.78. The van der Waals surface area contributed by atoms with Gasteiger partial charge in [0.15, 0.2) is 6.61 Å². The first-order chi connectivity index (χ1) is 13.6. The van der Waals surface area contributed by atoms with E-state index in [1.807, 2.05) is 36.4 Å². The Balaban J connectivity index is 1.27. The van der Waals surface area contributed by atoms with Crippen LogP contribution >= 0.6 is 0 Å². The smallest absolute Gasteiger partial charge is 0.260 e. The van der Waals surface area contributed by atoms with Crippen molar-refractivity contribution in [3.63, 3.8) is 0 Å². The molecule has 0 unspecified atom stereocenters. The zero-order chi connectivity index (χ0) is 19.5. The minimum atomic E-state index is -0.0452. The lowest BCUT2D eigenvalue weighted by Gasteiger charge is -2.36. The molecule has 1 aliphatic rings. The fraction of sp³-hybridized carbons (Fsp3) is 0.333. The summed E-state index contributed by atoms with van der Waals surface area (Å²) in [5.74, 6) is 2.25. The number of hydrogen-bond donors (Lipinski definition) is 0. The second kappa shape index (κ2) is 7.80. The van der Waals surface area contributed by atoms with Crippen molar-refractivity contribution in [3.05, 3.63) is 60.2 Å². The van der Waals surface area contributed by atoms with Crippen molar-refractivity contribution >= 4 is 5.91 Å². The van der Waals surface area contributed by atoms with Gasteiger partial charge in [-0.3, -0.25) is 9.78 Å². The van der Waals surface area contributed by atoms with Crippen molar-refractivity contribution in [3.8, 4) is 17.1 Å². The molecular formula is C21H22N4O3. The predicted octanol–water partition coefficient (Wildman–Crippen LogP) is 3.26. The van der Waals surface area contributed by atoms with Gasteiger partial charge in [0.25, 0.3) is 5.91 Å². The monoisotopic (exact) mass is 378 g/mol. The molecular weight excluding hydrogens is 356 g/mol. The molecule has 2 aromatic heterocycles. The van der Waals surface area contributed by atoms with Crippen LogP contribution in [0.25, 0.3) is 11.4 Å². The Kier molecular flexibility index (Phi) is 5.06. The number of nitrogens with zero attached hydrogens (tertiary/aromatic N) is 4. The van der Waals surface area contributed by atoms with Gasteiger partial charge in [-0.1, -0.05) is 31.1 Å². The number of ether oxygens (including phenoxy) is 1. The van der Waals surface area contributed by atoms with Gasteiger partial charge in [-0.15, -0.1) is 0 Å². The first-order valence-corrected chi connectivity index (χ1v) is 9.34. The molecule has 1 aromatic carbocycles. The predicted molar refractivity (Wildman–Crippen MR) is 103 cm³/mol. The maximum atomic E-state index is 12.3. The molecule has 144 valence electrons. The number of carbonyl (C=O) groups excluding carboxylic acids is 1.